The number of methoxy groups -OCH3 is 1. The van der Waals surface area contributed by atoms with Crippen molar-refractivity contribution < 1.29 is 97.9 Å². The van der Waals surface area contributed by atoms with Gasteiger partial charge in [0.1, 0.15) is 98.8 Å². The number of rotatable bonds is 11. The molecule has 2 aliphatic rings. The number of carboxylic acids is 2. The van der Waals surface area contributed by atoms with Crippen molar-refractivity contribution in [2.45, 2.75) is 61.4 Å². The van der Waals surface area contributed by atoms with Crippen molar-refractivity contribution >= 4 is 33.9 Å². The summed E-state index contributed by atoms with van der Waals surface area (Å²) in [5.41, 5.74) is -0.978. The summed E-state index contributed by atoms with van der Waals surface area (Å²) in [6.07, 6.45) is -19.2. The lowest BCUT2D eigenvalue weighted by Crippen LogP contribution is -2.61. The summed E-state index contributed by atoms with van der Waals surface area (Å²) in [4.78, 5) is 49.3. The Kier molecular flexibility index (Phi) is 11.8. The van der Waals surface area contributed by atoms with Crippen LogP contribution in [0.1, 0.15) is 0 Å². The molecule has 0 radical (unpaired) electrons. The topological polar surface area (TPSA) is 352 Å². The Morgan fingerprint density at radius 1 is 0.523 bits per heavy atom. The van der Waals surface area contributed by atoms with E-state index >= 15 is 0 Å². The molecule has 0 aliphatic carbocycles. The average molecular weight is 905 g/mol. The van der Waals surface area contributed by atoms with Crippen molar-refractivity contribution in [2.75, 3.05) is 7.11 Å². The number of benzene rings is 4. The van der Waals surface area contributed by atoms with Crippen LogP contribution in [0.25, 0.3) is 44.6 Å². The molecule has 2 aliphatic heterocycles. The van der Waals surface area contributed by atoms with Crippen molar-refractivity contribution in [3.05, 3.63) is 99.3 Å². The van der Waals surface area contributed by atoms with E-state index in [1.54, 1.807) is 24.3 Å². The molecule has 2 fully saturated rings. The smallest absolute Gasteiger partial charge is 0.335 e. The maximum Gasteiger partial charge on any atom is 0.335 e. The molecule has 10 N–H and O–H groups in total. The molecular weight excluding hydrogens is 868 g/mol. The fourth-order valence-corrected chi connectivity index (χ4v) is 7.19. The van der Waals surface area contributed by atoms with Gasteiger partial charge in [0.15, 0.2) is 34.6 Å². The lowest BCUT2D eigenvalue weighted by Gasteiger charge is -2.38. The highest BCUT2D eigenvalue weighted by Gasteiger charge is 2.49. The van der Waals surface area contributed by atoms with Gasteiger partial charge in [-0.25, -0.2) is 9.59 Å². The van der Waals surface area contributed by atoms with E-state index in [9.17, 15) is 70.2 Å². The van der Waals surface area contributed by atoms with Crippen LogP contribution in [0.2, 0.25) is 0 Å². The minimum atomic E-state index is -1.97. The number of fused-ring (bicyclic) bond motifs is 2. The van der Waals surface area contributed by atoms with E-state index in [1.165, 1.54) is 37.4 Å². The molecule has 2 aromatic heterocycles. The van der Waals surface area contributed by atoms with E-state index in [2.05, 4.69) is 0 Å². The lowest BCUT2D eigenvalue weighted by atomic mass is 9.99. The van der Waals surface area contributed by atoms with Crippen LogP contribution in [0.3, 0.4) is 0 Å². The minimum absolute atomic E-state index is 0.000872. The SMILES string of the molecule is COc1cc(-c2cc(=O)c3c(O)cc(OC4OC(C(=O)O)C(O)C(O)C4O)cc3o2)ccc1Oc1ccc(-c2cc(=O)c3c(O)cc(OC4OC(C(=O)O)C(O)C(O)C4O)cc3o2)cc1. The average Bonchev–Trinajstić information content (AvgIpc) is 3.26. The Labute approximate surface area is 362 Å². The number of phenols is 2. The summed E-state index contributed by atoms with van der Waals surface area (Å²) in [5.74, 6) is -4.22. The van der Waals surface area contributed by atoms with Crippen LogP contribution in [0.4, 0.5) is 0 Å². The Morgan fingerprint density at radius 3 is 1.42 bits per heavy atom. The summed E-state index contributed by atoms with van der Waals surface area (Å²) >= 11 is 0. The summed E-state index contributed by atoms with van der Waals surface area (Å²) < 4.78 is 44.8. The molecule has 0 saturated carbocycles. The largest absolute Gasteiger partial charge is 0.507 e. The lowest BCUT2D eigenvalue weighted by molar-refractivity contribution is -0.271. The number of aromatic hydroxyl groups is 2. The zero-order valence-corrected chi connectivity index (χ0v) is 33.2. The van der Waals surface area contributed by atoms with E-state index in [1.807, 2.05) is 0 Å². The maximum absolute atomic E-state index is 13.2. The van der Waals surface area contributed by atoms with E-state index in [-0.39, 0.29) is 56.5 Å². The minimum Gasteiger partial charge on any atom is -0.507 e. The van der Waals surface area contributed by atoms with Gasteiger partial charge in [-0.15, -0.1) is 0 Å². The van der Waals surface area contributed by atoms with Crippen molar-refractivity contribution in [1.82, 2.24) is 0 Å². The first kappa shape index (κ1) is 44.3. The number of ether oxygens (including phenoxy) is 6. The molecule has 65 heavy (non-hydrogen) atoms. The normalized spacial score (nSPS) is 25.5. The van der Waals surface area contributed by atoms with Crippen LogP contribution in [0, 0.1) is 0 Å². The highest BCUT2D eigenvalue weighted by atomic mass is 16.7. The molecule has 0 amide bonds. The molecule has 10 unspecified atom stereocenters. The van der Waals surface area contributed by atoms with Crippen molar-refractivity contribution in [1.29, 1.82) is 0 Å². The monoisotopic (exact) mass is 904 g/mol. The second-order valence-electron chi connectivity index (χ2n) is 14.8. The highest BCUT2D eigenvalue weighted by molar-refractivity contribution is 5.87. The van der Waals surface area contributed by atoms with Gasteiger partial charge in [0.2, 0.25) is 12.6 Å². The third kappa shape index (κ3) is 8.46. The van der Waals surface area contributed by atoms with Crippen LogP contribution in [0.15, 0.2) is 97.3 Å². The molecule has 6 aromatic rings. The Balaban J connectivity index is 1.01. The van der Waals surface area contributed by atoms with Gasteiger partial charge in [-0.3, -0.25) is 9.59 Å². The predicted molar refractivity (Wildman–Crippen MR) is 216 cm³/mol. The van der Waals surface area contributed by atoms with Gasteiger partial charge < -0.3 is 88.3 Å². The summed E-state index contributed by atoms with van der Waals surface area (Å²) in [6, 6.07) is 17.3. The molecule has 8 rings (SSSR count). The summed E-state index contributed by atoms with van der Waals surface area (Å²) in [6.45, 7) is 0. The number of aliphatic hydroxyl groups excluding tert-OH is 6. The number of carbonyl (C=O) groups is 2. The zero-order valence-electron chi connectivity index (χ0n) is 33.2. The van der Waals surface area contributed by atoms with E-state index in [4.69, 9.17) is 37.3 Å². The van der Waals surface area contributed by atoms with Gasteiger partial charge in [-0.1, -0.05) is 0 Å². The maximum atomic E-state index is 13.2. The van der Waals surface area contributed by atoms with Crippen LogP contribution < -0.4 is 29.8 Å². The van der Waals surface area contributed by atoms with Gasteiger partial charge in [0.05, 0.1) is 7.11 Å². The number of aliphatic hydroxyl groups is 6. The molecule has 340 valence electrons. The van der Waals surface area contributed by atoms with Crippen LogP contribution in [0.5, 0.6) is 40.2 Å². The Morgan fingerprint density at radius 2 is 0.969 bits per heavy atom. The molecule has 4 heterocycles. The third-order valence-electron chi connectivity index (χ3n) is 10.5. The number of hydrogen-bond donors (Lipinski definition) is 10. The summed E-state index contributed by atoms with van der Waals surface area (Å²) in [5, 5.41) is 101. The fraction of sp³-hybridized carbons (Fsp3) is 0.256. The molecule has 4 aromatic carbocycles. The number of phenolic OH excluding ortho intramolecular Hbond substituents is 2. The third-order valence-corrected chi connectivity index (χ3v) is 10.5. The molecule has 2 saturated heterocycles. The van der Waals surface area contributed by atoms with Gasteiger partial charge in [-0.2, -0.15) is 0 Å². The summed E-state index contributed by atoms with van der Waals surface area (Å²) in [7, 11) is 1.36. The molecule has 0 spiro atoms. The van der Waals surface area contributed by atoms with Gasteiger partial charge >= 0.3 is 11.9 Å². The molecule has 0 bridgehead atoms. The van der Waals surface area contributed by atoms with Gasteiger partial charge in [-0.05, 0) is 42.5 Å². The second kappa shape index (κ2) is 17.4. The van der Waals surface area contributed by atoms with Crippen LogP contribution in [-0.2, 0) is 19.1 Å². The van der Waals surface area contributed by atoms with Gasteiger partial charge in [0, 0.05) is 47.5 Å². The first-order valence-corrected chi connectivity index (χ1v) is 19.2. The van der Waals surface area contributed by atoms with Crippen molar-refractivity contribution in [3.8, 4) is 62.9 Å². The molecular formula is C43H36O22. The Hall–Kier alpha value is -7.28. The standard InChI is InChI=1S/C43H36O22/c1-58-27-8-16(26-14-23(47)31-21(45)10-19(12-29(31)63-26)61-43-37(53)33(49)35(51)39(65-43)41(56)57)4-7-24(27)59-17-5-2-15(3-6-17)25-13-22(46)30-20(44)9-18(11-28(30)62-25)60-42-36(52)32(48)34(50)38(64-42)40(54)55/h2-14,32-39,42-45,48-53H,1H3,(H,54,55)(H,56,57). The first-order valence-electron chi connectivity index (χ1n) is 19.2. The van der Waals surface area contributed by atoms with E-state index in [0.29, 0.717) is 16.9 Å². The second-order valence-corrected chi connectivity index (χ2v) is 14.8. The molecule has 22 heteroatoms. The quantitative estimate of drug-likeness (QED) is 0.0866. The Bertz CT molecular complexity index is 2930. The molecule has 10 atom stereocenters. The predicted octanol–water partition coefficient (Wildman–Crippen LogP) is 0.987. The molecule has 22 nitrogen and oxygen atoms in total. The van der Waals surface area contributed by atoms with Gasteiger partial charge in [0.25, 0.3) is 0 Å². The van der Waals surface area contributed by atoms with Crippen molar-refractivity contribution in [3.63, 3.8) is 0 Å². The zero-order chi connectivity index (χ0) is 46.6. The number of hydrogen-bond acceptors (Lipinski definition) is 20. The first-order chi connectivity index (χ1) is 30.9. The van der Waals surface area contributed by atoms with Crippen LogP contribution >= 0.6 is 0 Å². The van der Waals surface area contributed by atoms with Crippen LogP contribution in [-0.4, -0.2) is 132 Å². The van der Waals surface area contributed by atoms with E-state index in [0.717, 1.165) is 24.3 Å². The fourth-order valence-electron chi connectivity index (χ4n) is 7.19. The highest BCUT2D eigenvalue weighted by Crippen LogP contribution is 2.39. The number of aliphatic carboxylic acids is 2. The van der Waals surface area contributed by atoms with Crippen molar-refractivity contribution in [2.24, 2.45) is 0 Å². The number of carboxylic acid groups (broad SMARTS) is 2. The van der Waals surface area contributed by atoms with E-state index < -0.39 is 95.7 Å².